The number of pyridine rings is 1. The van der Waals surface area contributed by atoms with E-state index in [1.807, 2.05) is 54.0 Å². The molecule has 0 aliphatic heterocycles. The average Bonchev–Trinajstić information content (AvgIpc) is 2.92. The standard InChI is InChI=1S/C17H18N2O2/c1-4-21-16-6-5-9-19-11-15(18-17(16)19)14-8-7-13(20-3)10-12(14)2/h5-11H,4H2,1-3H3. The highest BCUT2D eigenvalue weighted by atomic mass is 16.5. The van der Waals surface area contributed by atoms with Gasteiger partial charge >= 0.3 is 0 Å². The maximum absolute atomic E-state index is 5.63. The smallest absolute Gasteiger partial charge is 0.180 e. The molecule has 3 rings (SSSR count). The summed E-state index contributed by atoms with van der Waals surface area (Å²) in [6, 6.07) is 9.91. The van der Waals surface area contributed by atoms with Crippen molar-refractivity contribution in [3.05, 3.63) is 48.3 Å². The molecule has 108 valence electrons. The lowest BCUT2D eigenvalue weighted by Gasteiger charge is -2.05. The number of benzene rings is 1. The van der Waals surface area contributed by atoms with Crippen LogP contribution in [0, 0.1) is 6.92 Å². The van der Waals surface area contributed by atoms with Gasteiger partial charge in [0.1, 0.15) is 5.75 Å². The molecule has 2 heterocycles. The molecule has 4 heteroatoms. The van der Waals surface area contributed by atoms with Crippen molar-refractivity contribution in [3.63, 3.8) is 0 Å². The summed E-state index contributed by atoms with van der Waals surface area (Å²) in [5.41, 5.74) is 4.00. The lowest BCUT2D eigenvalue weighted by atomic mass is 10.1. The van der Waals surface area contributed by atoms with E-state index in [9.17, 15) is 0 Å². The lowest BCUT2D eigenvalue weighted by molar-refractivity contribution is 0.342. The summed E-state index contributed by atoms with van der Waals surface area (Å²) in [5.74, 6) is 1.66. The fraction of sp³-hybridized carbons (Fsp3) is 0.235. The number of ether oxygens (including phenoxy) is 2. The molecule has 0 saturated carbocycles. The number of aromatic nitrogens is 2. The molecule has 0 aliphatic carbocycles. The molecular weight excluding hydrogens is 264 g/mol. The van der Waals surface area contributed by atoms with Crippen LogP contribution in [0.25, 0.3) is 16.9 Å². The number of fused-ring (bicyclic) bond motifs is 1. The van der Waals surface area contributed by atoms with E-state index >= 15 is 0 Å². The molecule has 3 aromatic rings. The fourth-order valence-electron chi connectivity index (χ4n) is 2.44. The highest BCUT2D eigenvalue weighted by molar-refractivity contribution is 5.69. The van der Waals surface area contributed by atoms with Crippen LogP contribution < -0.4 is 9.47 Å². The van der Waals surface area contributed by atoms with Crippen molar-refractivity contribution >= 4 is 5.65 Å². The highest BCUT2D eigenvalue weighted by Crippen LogP contribution is 2.28. The normalized spacial score (nSPS) is 10.8. The van der Waals surface area contributed by atoms with Gasteiger partial charge in [0.25, 0.3) is 0 Å². The van der Waals surface area contributed by atoms with Gasteiger partial charge in [0.15, 0.2) is 11.4 Å². The molecule has 0 atom stereocenters. The second kappa shape index (κ2) is 5.48. The summed E-state index contributed by atoms with van der Waals surface area (Å²) >= 11 is 0. The van der Waals surface area contributed by atoms with Crippen LogP contribution >= 0.6 is 0 Å². The third kappa shape index (κ3) is 2.44. The van der Waals surface area contributed by atoms with Gasteiger partial charge in [0, 0.05) is 18.0 Å². The summed E-state index contributed by atoms with van der Waals surface area (Å²) in [7, 11) is 1.67. The zero-order valence-corrected chi connectivity index (χ0v) is 12.5. The first-order valence-corrected chi connectivity index (χ1v) is 6.98. The van der Waals surface area contributed by atoms with Gasteiger partial charge < -0.3 is 13.9 Å². The van der Waals surface area contributed by atoms with Gasteiger partial charge in [-0.2, -0.15) is 0 Å². The molecule has 0 fully saturated rings. The Morgan fingerprint density at radius 2 is 2.10 bits per heavy atom. The SMILES string of the molecule is CCOc1cccn2cc(-c3ccc(OC)cc3C)nc12. The summed E-state index contributed by atoms with van der Waals surface area (Å²) in [6.07, 6.45) is 4.00. The Balaban J connectivity index is 2.11. The Labute approximate surface area is 124 Å². The maximum atomic E-state index is 5.63. The van der Waals surface area contributed by atoms with E-state index in [-0.39, 0.29) is 0 Å². The Bertz CT molecular complexity index is 778. The van der Waals surface area contributed by atoms with E-state index in [0.29, 0.717) is 6.61 Å². The van der Waals surface area contributed by atoms with Crippen LogP contribution in [0.2, 0.25) is 0 Å². The van der Waals surface area contributed by atoms with Gasteiger partial charge in [0.05, 0.1) is 19.4 Å². The monoisotopic (exact) mass is 282 g/mol. The molecule has 2 aromatic heterocycles. The highest BCUT2D eigenvalue weighted by Gasteiger charge is 2.11. The molecule has 0 unspecified atom stereocenters. The Kier molecular flexibility index (Phi) is 3.52. The zero-order valence-electron chi connectivity index (χ0n) is 12.5. The molecule has 1 aromatic carbocycles. The van der Waals surface area contributed by atoms with Gasteiger partial charge in [-0.1, -0.05) is 0 Å². The van der Waals surface area contributed by atoms with Crippen LogP contribution in [-0.4, -0.2) is 23.1 Å². The van der Waals surface area contributed by atoms with Gasteiger partial charge in [-0.05, 0) is 49.7 Å². The van der Waals surface area contributed by atoms with Crippen LogP contribution in [0.3, 0.4) is 0 Å². The molecule has 0 amide bonds. The number of aryl methyl sites for hydroxylation is 1. The Morgan fingerprint density at radius 1 is 1.24 bits per heavy atom. The second-order valence-electron chi connectivity index (χ2n) is 4.84. The van der Waals surface area contributed by atoms with Gasteiger partial charge in [-0.15, -0.1) is 0 Å². The molecule has 0 radical (unpaired) electrons. The third-order valence-corrected chi connectivity index (χ3v) is 3.46. The molecule has 4 nitrogen and oxygen atoms in total. The lowest BCUT2D eigenvalue weighted by Crippen LogP contribution is -1.94. The van der Waals surface area contributed by atoms with Crippen molar-refractivity contribution in [3.8, 4) is 22.8 Å². The van der Waals surface area contributed by atoms with Crippen LogP contribution in [0.5, 0.6) is 11.5 Å². The van der Waals surface area contributed by atoms with E-state index < -0.39 is 0 Å². The minimum atomic E-state index is 0.628. The predicted molar refractivity (Wildman–Crippen MR) is 83.1 cm³/mol. The van der Waals surface area contributed by atoms with Crippen molar-refractivity contribution in [2.75, 3.05) is 13.7 Å². The van der Waals surface area contributed by atoms with Crippen molar-refractivity contribution in [1.29, 1.82) is 0 Å². The van der Waals surface area contributed by atoms with Crippen molar-refractivity contribution in [2.45, 2.75) is 13.8 Å². The molecule has 0 N–H and O–H groups in total. The van der Waals surface area contributed by atoms with Crippen LogP contribution in [0.1, 0.15) is 12.5 Å². The van der Waals surface area contributed by atoms with E-state index in [2.05, 4.69) is 6.92 Å². The minimum absolute atomic E-state index is 0.628. The van der Waals surface area contributed by atoms with Crippen LogP contribution in [-0.2, 0) is 0 Å². The molecule has 0 bridgehead atoms. The second-order valence-corrected chi connectivity index (χ2v) is 4.84. The first kappa shape index (κ1) is 13.5. The fourth-order valence-corrected chi connectivity index (χ4v) is 2.44. The number of rotatable bonds is 4. The summed E-state index contributed by atoms with van der Waals surface area (Å²) < 4.78 is 12.9. The van der Waals surface area contributed by atoms with Gasteiger partial charge in [-0.3, -0.25) is 0 Å². The Hall–Kier alpha value is -2.49. The summed E-state index contributed by atoms with van der Waals surface area (Å²) in [6.45, 7) is 4.66. The number of nitrogens with zero attached hydrogens (tertiary/aromatic N) is 2. The van der Waals surface area contributed by atoms with E-state index in [1.54, 1.807) is 7.11 Å². The first-order chi connectivity index (χ1) is 10.2. The van der Waals surface area contributed by atoms with Crippen LogP contribution in [0.4, 0.5) is 0 Å². The van der Waals surface area contributed by atoms with Gasteiger partial charge in [0.2, 0.25) is 0 Å². The quantitative estimate of drug-likeness (QED) is 0.731. The number of methoxy groups -OCH3 is 1. The molecule has 0 aliphatic rings. The third-order valence-electron chi connectivity index (χ3n) is 3.46. The zero-order chi connectivity index (χ0) is 14.8. The predicted octanol–water partition coefficient (Wildman–Crippen LogP) is 3.72. The first-order valence-electron chi connectivity index (χ1n) is 6.98. The summed E-state index contributed by atoms with van der Waals surface area (Å²) in [5, 5.41) is 0. The number of hydrogen-bond donors (Lipinski definition) is 0. The molecule has 0 spiro atoms. The Morgan fingerprint density at radius 3 is 2.81 bits per heavy atom. The number of hydrogen-bond acceptors (Lipinski definition) is 3. The number of imidazole rings is 1. The van der Waals surface area contributed by atoms with Gasteiger partial charge in [-0.25, -0.2) is 4.98 Å². The topological polar surface area (TPSA) is 35.8 Å². The largest absolute Gasteiger partial charge is 0.497 e. The molecule has 0 saturated heterocycles. The van der Waals surface area contributed by atoms with Crippen LogP contribution in [0.15, 0.2) is 42.7 Å². The minimum Gasteiger partial charge on any atom is -0.497 e. The van der Waals surface area contributed by atoms with Crippen molar-refractivity contribution in [2.24, 2.45) is 0 Å². The molecule has 21 heavy (non-hydrogen) atoms. The van der Waals surface area contributed by atoms with E-state index in [4.69, 9.17) is 14.5 Å². The van der Waals surface area contributed by atoms with E-state index in [0.717, 1.165) is 34.0 Å². The van der Waals surface area contributed by atoms with Crippen molar-refractivity contribution in [1.82, 2.24) is 9.38 Å². The maximum Gasteiger partial charge on any atom is 0.180 e. The summed E-state index contributed by atoms with van der Waals surface area (Å²) in [4.78, 5) is 4.72. The van der Waals surface area contributed by atoms with E-state index in [1.165, 1.54) is 0 Å². The van der Waals surface area contributed by atoms with Crippen molar-refractivity contribution < 1.29 is 9.47 Å². The average molecular weight is 282 g/mol. The molecular formula is C17H18N2O2.